The molecule has 1 amide bonds. The number of benzene rings is 1. The molecule has 6 heteroatoms. The molecule has 0 radical (unpaired) electrons. The topological polar surface area (TPSA) is 74.9 Å². The number of carbonyl (C=O) groups excluding carboxylic acids is 1. The number of methoxy groups -OCH3 is 1. The number of rotatable bonds is 7. The van der Waals surface area contributed by atoms with Gasteiger partial charge in [-0.2, -0.15) is 0 Å². The third kappa shape index (κ3) is 4.65. The van der Waals surface area contributed by atoms with Crippen LogP contribution in [0.4, 0.5) is 0 Å². The summed E-state index contributed by atoms with van der Waals surface area (Å²) in [6.45, 7) is 3.50. The van der Waals surface area contributed by atoms with Gasteiger partial charge >= 0.3 is 0 Å². The normalized spacial score (nSPS) is 17.8. The van der Waals surface area contributed by atoms with Gasteiger partial charge in [0.1, 0.15) is 11.5 Å². The van der Waals surface area contributed by atoms with Gasteiger partial charge in [-0.1, -0.05) is 12.1 Å². The van der Waals surface area contributed by atoms with Crippen molar-refractivity contribution >= 4 is 5.91 Å². The lowest BCUT2D eigenvalue weighted by molar-refractivity contribution is 0.0905. The average Bonchev–Trinajstić information content (AvgIpc) is 3.18. The van der Waals surface area contributed by atoms with Gasteiger partial charge in [0.15, 0.2) is 5.76 Å². The molecule has 6 nitrogen and oxygen atoms in total. The van der Waals surface area contributed by atoms with Crippen LogP contribution in [0.2, 0.25) is 0 Å². The predicted octanol–water partition coefficient (Wildman–Crippen LogP) is 2.39. The number of piperidine rings is 1. The Balaban J connectivity index is 1.51. The van der Waals surface area contributed by atoms with E-state index in [4.69, 9.17) is 9.15 Å². The van der Waals surface area contributed by atoms with Crippen molar-refractivity contribution in [3.05, 3.63) is 42.2 Å². The molecule has 26 heavy (non-hydrogen) atoms. The van der Waals surface area contributed by atoms with E-state index >= 15 is 0 Å². The Kier molecular flexibility index (Phi) is 6.30. The highest BCUT2D eigenvalue weighted by Crippen LogP contribution is 2.25. The summed E-state index contributed by atoms with van der Waals surface area (Å²) in [7, 11) is 1.62. The Labute approximate surface area is 153 Å². The van der Waals surface area contributed by atoms with E-state index in [1.165, 1.54) is 0 Å². The third-order valence-electron chi connectivity index (χ3n) is 4.76. The largest absolute Gasteiger partial charge is 0.497 e. The maximum absolute atomic E-state index is 12.3. The molecule has 0 bridgehead atoms. The fourth-order valence-electron chi connectivity index (χ4n) is 3.31. The number of hydrogen-bond donors (Lipinski definition) is 2. The molecule has 1 atom stereocenters. The highest BCUT2D eigenvalue weighted by molar-refractivity contribution is 5.92. The molecule has 2 heterocycles. The van der Waals surface area contributed by atoms with Gasteiger partial charge in [0, 0.05) is 31.8 Å². The number of likely N-dealkylation sites (tertiary alicyclic amines) is 1. The molecule has 0 unspecified atom stereocenters. The number of amides is 1. The minimum Gasteiger partial charge on any atom is -0.497 e. The number of furan rings is 1. The molecule has 0 aliphatic carbocycles. The summed E-state index contributed by atoms with van der Waals surface area (Å²) >= 11 is 0. The molecular formula is C20H26N2O4. The van der Waals surface area contributed by atoms with Gasteiger partial charge in [0.05, 0.1) is 7.11 Å². The molecule has 3 rings (SSSR count). The quantitative estimate of drug-likeness (QED) is 0.795. The number of nitrogens with one attached hydrogen (secondary N) is 1. The highest BCUT2D eigenvalue weighted by atomic mass is 16.5. The number of carbonyl (C=O) groups is 1. The van der Waals surface area contributed by atoms with Crippen LogP contribution in [0.3, 0.4) is 0 Å². The zero-order chi connectivity index (χ0) is 18.4. The van der Waals surface area contributed by atoms with Crippen LogP contribution in [0, 0.1) is 5.92 Å². The number of aliphatic hydroxyl groups is 1. The molecule has 0 spiro atoms. The predicted molar refractivity (Wildman–Crippen MR) is 99.3 cm³/mol. The van der Waals surface area contributed by atoms with Gasteiger partial charge < -0.3 is 24.5 Å². The molecule has 1 aromatic carbocycles. The van der Waals surface area contributed by atoms with Crippen molar-refractivity contribution in [2.45, 2.75) is 12.8 Å². The van der Waals surface area contributed by atoms with Crippen molar-refractivity contribution in [2.75, 3.05) is 39.9 Å². The second-order valence-electron chi connectivity index (χ2n) is 6.64. The van der Waals surface area contributed by atoms with E-state index in [0.717, 1.165) is 43.8 Å². The lowest BCUT2D eigenvalue weighted by atomic mass is 9.99. The van der Waals surface area contributed by atoms with Crippen molar-refractivity contribution < 1.29 is 19.1 Å². The number of aliphatic hydroxyl groups excluding tert-OH is 1. The molecule has 0 saturated carbocycles. The fraction of sp³-hybridized carbons (Fsp3) is 0.450. The summed E-state index contributed by atoms with van der Waals surface area (Å²) in [5, 5.41) is 12.2. The molecule has 1 fully saturated rings. The number of hydrogen-bond acceptors (Lipinski definition) is 5. The fourth-order valence-corrected chi connectivity index (χ4v) is 3.31. The van der Waals surface area contributed by atoms with Crippen molar-refractivity contribution in [3.63, 3.8) is 0 Å². The van der Waals surface area contributed by atoms with Gasteiger partial charge in [-0.3, -0.25) is 4.79 Å². The number of nitrogens with zero attached hydrogens (tertiary/aromatic N) is 1. The van der Waals surface area contributed by atoms with E-state index < -0.39 is 0 Å². The van der Waals surface area contributed by atoms with Crippen LogP contribution in [0.5, 0.6) is 5.75 Å². The van der Waals surface area contributed by atoms with E-state index in [0.29, 0.717) is 24.0 Å². The molecule has 140 valence electrons. The molecule has 1 aliphatic heterocycles. The van der Waals surface area contributed by atoms with Gasteiger partial charge in [-0.05, 0) is 49.6 Å². The molecule has 2 aromatic rings. The Bertz CT molecular complexity index is 728. The zero-order valence-corrected chi connectivity index (χ0v) is 15.1. The van der Waals surface area contributed by atoms with E-state index in [2.05, 4.69) is 10.2 Å². The minimum atomic E-state index is -0.213. The van der Waals surface area contributed by atoms with Crippen molar-refractivity contribution in [2.24, 2.45) is 5.92 Å². The molecule has 1 aromatic heterocycles. The maximum Gasteiger partial charge on any atom is 0.287 e. The highest BCUT2D eigenvalue weighted by Gasteiger charge is 2.19. The van der Waals surface area contributed by atoms with E-state index in [1.54, 1.807) is 19.2 Å². The Morgan fingerprint density at radius 1 is 1.38 bits per heavy atom. The van der Waals surface area contributed by atoms with Crippen molar-refractivity contribution in [1.29, 1.82) is 0 Å². The first-order valence-corrected chi connectivity index (χ1v) is 9.05. The lowest BCUT2D eigenvalue weighted by Crippen LogP contribution is -2.41. The van der Waals surface area contributed by atoms with Gasteiger partial charge in [0.2, 0.25) is 0 Å². The summed E-state index contributed by atoms with van der Waals surface area (Å²) in [5.74, 6) is 1.82. The van der Waals surface area contributed by atoms with Crippen molar-refractivity contribution in [1.82, 2.24) is 10.2 Å². The van der Waals surface area contributed by atoms with E-state index in [9.17, 15) is 9.90 Å². The first kappa shape index (κ1) is 18.5. The second-order valence-corrected chi connectivity index (χ2v) is 6.64. The van der Waals surface area contributed by atoms with Crippen molar-refractivity contribution in [3.8, 4) is 17.1 Å². The van der Waals surface area contributed by atoms with Crippen LogP contribution < -0.4 is 10.1 Å². The maximum atomic E-state index is 12.3. The lowest BCUT2D eigenvalue weighted by Gasteiger charge is -2.31. The van der Waals surface area contributed by atoms with Crippen LogP contribution in [-0.2, 0) is 0 Å². The smallest absolute Gasteiger partial charge is 0.287 e. The molecule has 1 saturated heterocycles. The monoisotopic (exact) mass is 358 g/mol. The minimum absolute atomic E-state index is 0.213. The van der Waals surface area contributed by atoms with Gasteiger partial charge in [-0.15, -0.1) is 0 Å². The molecular weight excluding hydrogens is 332 g/mol. The Hall–Kier alpha value is -2.31. The van der Waals surface area contributed by atoms with E-state index in [1.807, 2.05) is 24.3 Å². The summed E-state index contributed by atoms with van der Waals surface area (Å²) in [6.07, 6.45) is 2.18. The van der Waals surface area contributed by atoms with Crippen LogP contribution in [0.15, 0.2) is 40.8 Å². The number of ether oxygens (including phenoxy) is 1. The van der Waals surface area contributed by atoms with Crippen LogP contribution in [0.1, 0.15) is 23.4 Å². The Morgan fingerprint density at radius 3 is 3.08 bits per heavy atom. The third-order valence-corrected chi connectivity index (χ3v) is 4.76. The zero-order valence-electron chi connectivity index (χ0n) is 15.1. The van der Waals surface area contributed by atoms with Crippen LogP contribution in [-0.4, -0.2) is 55.8 Å². The van der Waals surface area contributed by atoms with E-state index in [-0.39, 0.29) is 12.5 Å². The average molecular weight is 358 g/mol. The van der Waals surface area contributed by atoms with Crippen LogP contribution in [0.25, 0.3) is 11.3 Å². The standard InChI is InChI=1S/C20H26N2O4/c1-25-17-6-2-5-16(12-17)18-7-8-19(26-18)20(24)21-9-11-22-10-3-4-15(13-22)14-23/h2,5-8,12,15,23H,3-4,9-11,13-14H2,1H3,(H,21,24)/t15-/m1/s1. The summed E-state index contributed by atoms with van der Waals surface area (Å²) in [6, 6.07) is 11.0. The first-order valence-electron chi connectivity index (χ1n) is 9.05. The summed E-state index contributed by atoms with van der Waals surface area (Å²) in [4.78, 5) is 14.6. The van der Waals surface area contributed by atoms with Gasteiger partial charge in [-0.25, -0.2) is 0 Å². The molecule has 2 N–H and O–H groups in total. The first-order chi connectivity index (χ1) is 12.7. The summed E-state index contributed by atoms with van der Waals surface area (Å²) in [5.41, 5.74) is 0.867. The van der Waals surface area contributed by atoms with Gasteiger partial charge in [0.25, 0.3) is 5.91 Å². The SMILES string of the molecule is COc1cccc(-c2ccc(C(=O)NCCN3CCC[C@@H](CO)C3)o2)c1. The molecule has 1 aliphatic rings. The van der Waals surface area contributed by atoms with Crippen LogP contribution >= 0.6 is 0 Å². The summed E-state index contributed by atoms with van der Waals surface area (Å²) < 4.78 is 10.9. The second kappa shape index (κ2) is 8.87. The Morgan fingerprint density at radius 2 is 2.27 bits per heavy atom.